The summed E-state index contributed by atoms with van der Waals surface area (Å²) in [6.45, 7) is 9.70. The number of nitrogens with two attached hydrogens (primary N) is 1. The second-order valence-corrected chi connectivity index (χ2v) is 6.89. The van der Waals surface area contributed by atoms with Gasteiger partial charge >= 0.3 is 0 Å². The van der Waals surface area contributed by atoms with Crippen molar-refractivity contribution >= 4 is 30.7 Å². The van der Waals surface area contributed by atoms with Crippen LogP contribution in [0.5, 0.6) is 0 Å². The van der Waals surface area contributed by atoms with E-state index in [1.807, 2.05) is 37.3 Å². The van der Waals surface area contributed by atoms with E-state index < -0.39 is 0 Å². The second-order valence-electron chi connectivity index (χ2n) is 6.89. The second kappa shape index (κ2) is 12.5. The van der Waals surface area contributed by atoms with Crippen LogP contribution >= 0.6 is 24.8 Å². The van der Waals surface area contributed by atoms with Gasteiger partial charge in [-0.15, -0.1) is 24.8 Å². The molecule has 0 saturated carbocycles. The quantitative estimate of drug-likeness (QED) is 0.684. The van der Waals surface area contributed by atoms with Crippen molar-refractivity contribution in [2.45, 2.75) is 45.4 Å². The Kier molecular flexibility index (Phi) is 12.1. The molecule has 4 atom stereocenters. The van der Waals surface area contributed by atoms with Gasteiger partial charge in [0.15, 0.2) is 0 Å². The Labute approximate surface area is 169 Å². The van der Waals surface area contributed by atoms with Gasteiger partial charge in [0.2, 0.25) is 5.91 Å². The molecule has 1 aliphatic heterocycles. The number of halogens is 2. The number of hydrogen-bond acceptors (Lipinski definition) is 4. The predicted molar refractivity (Wildman–Crippen MR) is 111 cm³/mol. The summed E-state index contributed by atoms with van der Waals surface area (Å²) in [5, 5.41) is 3.02. The van der Waals surface area contributed by atoms with Crippen LogP contribution < -0.4 is 11.1 Å². The van der Waals surface area contributed by atoms with Crippen LogP contribution in [0.1, 0.15) is 38.8 Å². The molecular formula is C19H33Cl2N3O2. The van der Waals surface area contributed by atoms with Gasteiger partial charge in [0.05, 0.1) is 18.1 Å². The number of amides is 1. The number of benzene rings is 1. The third-order valence-corrected chi connectivity index (χ3v) is 4.58. The van der Waals surface area contributed by atoms with Crippen molar-refractivity contribution in [3.63, 3.8) is 0 Å². The lowest BCUT2D eigenvalue weighted by Gasteiger charge is -2.35. The first-order valence-corrected chi connectivity index (χ1v) is 8.93. The fourth-order valence-corrected chi connectivity index (χ4v) is 3.27. The normalized spacial score (nSPS) is 22.5. The Morgan fingerprint density at radius 2 is 1.81 bits per heavy atom. The van der Waals surface area contributed by atoms with E-state index in [0.717, 1.165) is 31.6 Å². The molecule has 7 heteroatoms. The molecule has 2 rings (SSSR count). The third kappa shape index (κ3) is 7.80. The fourth-order valence-electron chi connectivity index (χ4n) is 3.27. The van der Waals surface area contributed by atoms with Crippen molar-refractivity contribution in [2.24, 2.45) is 11.7 Å². The zero-order valence-electron chi connectivity index (χ0n) is 15.9. The van der Waals surface area contributed by atoms with Crippen LogP contribution in [0.4, 0.5) is 0 Å². The van der Waals surface area contributed by atoms with Crippen molar-refractivity contribution < 1.29 is 9.53 Å². The molecule has 150 valence electrons. The van der Waals surface area contributed by atoms with E-state index >= 15 is 0 Å². The summed E-state index contributed by atoms with van der Waals surface area (Å²) in [5.74, 6) is -0.217. The minimum Gasteiger partial charge on any atom is -0.373 e. The van der Waals surface area contributed by atoms with E-state index in [0.29, 0.717) is 6.54 Å². The van der Waals surface area contributed by atoms with Crippen LogP contribution in [0.15, 0.2) is 30.3 Å². The molecule has 5 nitrogen and oxygen atoms in total. The summed E-state index contributed by atoms with van der Waals surface area (Å²) in [4.78, 5) is 14.7. The number of rotatable bonds is 7. The van der Waals surface area contributed by atoms with E-state index in [1.165, 1.54) is 0 Å². The first kappa shape index (κ1) is 25.1. The highest BCUT2D eigenvalue weighted by Gasteiger charge is 2.23. The van der Waals surface area contributed by atoms with Crippen LogP contribution in [-0.4, -0.2) is 49.2 Å². The highest BCUT2D eigenvalue weighted by molar-refractivity contribution is 5.85. The molecule has 3 N–H and O–H groups in total. The minimum atomic E-state index is -0.271. The molecule has 1 amide bonds. The van der Waals surface area contributed by atoms with Gasteiger partial charge in [0, 0.05) is 32.2 Å². The Hall–Kier alpha value is -0.850. The fraction of sp³-hybridized carbons (Fsp3) is 0.632. The van der Waals surface area contributed by atoms with Gasteiger partial charge in [-0.2, -0.15) is 0 Å². The topological polar surface area (TPSA) is 67.6 Å². The zero-order valence-corrected chi connectivity index (χ0v) is 17.5. The summed E-state index contributed by atoms with van der Waals surface area (Å²) < 4.78 is 5.74. The highest BCUT2D eigenvalue weighted by Crippen LogP contribution is 2.19. The Balaban J connectivity index is 0.00000312. The van der Waals surface area contributed by atoms with Crippen molar-refractivity contribution in [2.75, 3.05) is 26.2 Å². The van der Waals surface area contributed by atoms with E-state index in [1.54, 1.807) is 0 Å². The van der Waals surface area contributed by atoms with Gasteiger partial charge in [-0.3, -0.25) is 9.69 Å². The minimum absolute atomic E-state index is 0. The SMILES string of the molecule is CC1CN(CCCNC(=O)C(C)C(N)c2ccccc2)CC(C)O1.Cl.Cl. The average molecular weight is 406 g/mol. The average Bonchev–Trinajstić information content (AvgIpc) is 2.57. The molecule has 0 radical (unpaired) electrons. The number of nitrogens with zero attached hydrogens (tertiary/aromatic N) is 1. The van der Waals surface area contributed by atoms with Gasteiger partial charge in [0.25, 0.3) is 0 Å². The maximum absolute atomic E-state index is 12.3. The molecule has 1 aromatic rings. The van der Waals surface area contributed by atoms with Crippen LogP contribution in [0.25, 0.3) is 0 Å². The van der Waals surface area contributed by atoms with Crippen LogP contribution in [0, 0.1) is 5.92 Å². The molecule has 0 aromatic heterocycles. The summed E-state index contributed by atoms with van der Waals surface area (Å²) in [6, 6.07) is 9.51. The van der Waals surface area contributed by atoms with Crippen molar-refractivity contribution in [3.05, 3.63) is 35.9 Å². The Morgan fingerprint density at radius 1 is 1.23 bits per heavy atom. The van der Waals surface area contributed by atoms with E-state index in [-0.39, 0.29) is 54.9 Å². The molecule has 0 spiro atoms. The smallest absolute Gasteiger partial charge is 0.224 e. The molecule has 1 aromatic carbocycles. The van der Waals surface area contributed by atoms with Crippen molar-refractivity contribution in [3.8, 4) is 0 Å². The third-order valence-electron chi connectivity index (χ3n) is 4.58. The van der Waals surface area contributed by atoms with Crippen LogP contribution in [0.3, 0.4) is 0 Å². The Morgan fingerprint density at radius 3 is 2.38 bits per heavy atom. The monoisotopic (exact) mass is 405 g/mol. The molecule has 1 heterocycles. The van der Waals surface area contributed by atoms with Crippen LogP contribution in [-0.2, 0) is 9.53 Å². The number of hydrogen-bond donors (Lipinski definition) is 2. The Bertz CT molecular complexity index is 509. The van der Waals surface area contributed by atoms with Gasteiger partial charge in [-0.1, -0.05) is 37.3 Å². The molecule has 4 unspecified atom stereocenters. The molecule has 0 aliphatic carbocycles. The lowest BCUT2D eigenvalue weighted by atomic mass is 9.95. The van der Waals surface area contributed by atoms with Crippen LogP contribution in [0.2, 0.25) is 0 Å². The number of carbonyl (C=O) groups excluding carboxylic acids is 1. The molecule has 1 saturated heterocycles. The summed E-state index contributed by atoms with van der Waals surface area (Å²) >= 11 is 0. The lowest BCUT2D eigenvalue weighted by molar-refractivity contribution is -0.125. The van der Waals surface area contributed by atoms with E-state index in [9.17, 15) is 4.79 Å². The van der Waals surface area contributed by atoms with Gasteiger partial charge < -0.3 is 15.8 Å². The standard InChI is InChI=1S/C19H31N3O2.2ClH/c1-14-12-22(13-15(2)24-14)11-7-10-21-19(23)16(3)18(20)17-8-5-4-6-9-17;;/h4-6,8-9,14-16,18H,7,10-13,20H2,1-3H3,(H,21,23);2*1H. The summed E-state index contributed by atoms with van der Waals surface area (Å²) in [5.41, 5.74) is 7.20. The van der Waals surface area contributed by atoms with Crippen molar-refractivity contribution in [1.29, 1.82) is 0 Å². The van der Waals surface area contributed by atoms with Gasteiger partial charge in [0.1, 0.15) is 0 Å². The maximum Gasteiger partial charge on any atom is 0.224 e. The molecular weight excluding hydrogens is 373 g/mol. The first-order valence-electron chi connectivity index (χ1n) is 8.93. The molecule has 0 bridgehead atoms. The largest absolute Gasteiger partial charge is 0.373 e. The van der Waals surface area contributed by atoms with Gasteiger partial charge in [-0.25, -0.2) is 0 Å². The number of nitrogens with one attached hydrogen (secondary N) is 1. The molecule has 1 aliphatic rings. The lowest BCUT2D eigenvalue weighted by Crippen LogP contribution is -2.46. The zero-order chi connectivity index (χ0) is 17.5. The molecule has 26 heavy (non-hydrogen) atoms. The maximum atomic E-state index is 12.3. The number of ether oxygens (including phenoxy) is 1. The number of carbonyl (C=O) groups is 1. The molecule has 1 fully saturated rings. The van der Waals surface area contributed by atoms with E-state index in [2.05, 4.69) is 24.1 Å². The van der Waals surface area contributed by atoms with E-state index in [4.69, 9.17) is 10.5 Å². The first-order chi connectivity index (χ1) is 11.5. The summed E-state index contributed by atoms with van der Waals surface area (Å²) in [6.07, 6.45) is 1.51. The summed E-state index contributed by atoms with van der Waals surface area (Å²) in [7, 11) is 0. The van der Waals surface area contributed by atoms with Crippen molar-refractivity contribution in [1.82, 2.24) is 10.2 Å². The highest BCUT2D eigenvalue weighted by atomic mass is 35.5. The number of morpholine rings is 1. The predicted octanol–water partition coefficient (Wildman–Crippen LogP) is 2.78. The van der Waals surface area contributed by atoms with Gasteiger partial charge in [-0.05, 0) is 25.8 Å².